The van der Waals surface area contributed by atoms with Crippen LogP contribution in [0.25, 0.3) is 11.3 Å². The number of pyridine rings is 1. The van der Waals surface area contributed by atoms with Crippen LogP contribution in [0.15, 0.2) is 61.2 Å². The van der Waals surface area contributed by atoms with E-state index >= 15 is 0 Å². The van der Waals surface area contributed by atoms with Gasteiger partial charge in [0.2, 0.25) is 0 Å². The lowest BCUT2D eigenvalue weighted by molar-refractivity contribution is 0.566. The molecule has 0 bridgehead atoms. The van der Waals surface area contributed by atoms with Gasteiger partial charge >= 0.3 is 0 Å². The Morgan fingerprint density at radius 2 is 1.72 bits per heavy atom. The van der Waals surface area contributed by atoms with Crippen molar-refractivity contribution in [2.24, 2.45) is 0 Å². The number of aromatic amines is 1. The Morgan fingerprint density at radius 3 is 2.52 bits per heavy atom. The summed E-state index contributed by atoms with van der Waals surface area (Å²) in [6, 6.07) is 10.4. The normalized spacial score (nSPS) is 11.8. The third-order valence-corrected chi connectivity index (χ3v) is 4.29. The van der Waals surface area contributed by atoms with E-state index in [4.69, 9.17) is 0 Å². The zero-order valence-corrected chi connectivity index (χ0v) is 15.4. The molecule has 9 heteroatoms. The molecule has 1 aromatic carbocycles. The highest BCUT2D eigenvalue weighted by molar-refractivity contribution is 5.65. The predicted octanol–water partition coefficient (Wildman–Crippen LogP) is 4.46. The Bertz CT molecular complexity index is 1110. The molecule has 3 aromatic heterocycles. The highest BCUT2D eigenvalue weighted by Gasteiger charge is 2.13. The van der Waals surface area contributed by atoms with E-state index in [9.17, 15) is 8.78 Å². The first-order valence-electron chi connectivity index (χ1n) is 8.85. The number of halogens is 2. The molecule has 0 radical (unpaired) electrons. The zero-order valence-electron chi connectivity index (χ0n) is 15.4. The number of rotatable bonds is 6. The Hall–Kier alpha value is -3.88. The summed E-state index contributed by atoms with van der Waals surface area (Å²) >= 11 is 0. The van der Waals surface area contributed by atoms with E-state index in [1.807, 2.05) is 18.2 Å². The SMILES string of the molecule is CC(Nc1cc(Nc2cc(-c3ccncc3)[nH]n2)ncn1)c1ccc(F)cc1F. The maximum absolute atomic E-state index is 14.0. The van der Waals surface area contributed by atoms with Crippen molar-refractivity contribution in [3.05, 3.63) is 78.4 Å². The zero-order chi connectivity index (χ0) is 20.2. The van der Waals surface area contributed by atoms with Crippen LogP contribution in [0.1, 0.15) is 18.5 Å². The molecular formula is C20H17F2N7. The van der Waals surface area contributed by atoms with Gasteiger partial charge in [-0.15, -0.1) is 0 Å². The van der Waals surface area contributed by atoms with Crippen molar-refractivity contribution in [3.63, 3.8) is 0 Å². The minimum absolute atomic E-state index is 0.341. The third-order valence-electron chi connectivity index (χ3n) is 4.29. The van der Waals surface area contributed by atoms with Gasteiger partial charge in [-0.3, -0.25) is 10.1 Å². The van der Waals surface area contributed by atoms with Crippen LogP contribution in [0.5, 0.6) is 0 Å². The smallest absolute Gasteiger partial charge is 0.153 e. The number of hydrogen-bond acceptors (Lipinski definition) is 6. The first kappa shape index (κ1) is 18.5. The van der Waals surface area contributed by atoms with Crippen molar-refractivity contribution in [2.45, 2.75) is 13.0 Å². The summed E-state index contributed by atoms with van der Waals surface area (Å²) in [6.07, 6.45) is 4.79. The van der Waals surface area contributed by atoms with E-state index in [-0.39, 0.29) is 0 Å². The van der Waals surface area contributed by atoms with Crippen molar-refractivity contribution in [2.75, 3.05) is 10.6 Å². The number of anilines is 3. The van der Waals surface area contributed by atoms with Gasteiger partial charge in [0, 0.05) is 41.7 Å². The van der Waals surface area contributed by atoms with Gasteiger partial charge in [-0.1, -0.05) is 6.07 Å². The average molecular weight is 393 g/mol. The molecule has 4 rings (SSSR count). The van der Waals surface area contributed by atoms with E-state index in [1.165, 1.54) is 18.5 Å². The highest BCUT2D eigenvalue weighted by Crippen LogP contribution is 2.24. The Kier molecular flexibility index (Phi) is 5.10. The van der Waals surface area contributed by atoms with Crippen LogP contribution < -0.4 is 10.6 Å². The molecule has 146 valence electrons. The first-order valence-corrected chi connectivity index (χ1v) is 8.85. The van der Waals surface area contributed by atoms with E-state index in [2.05, 4.69) is 35.8 Å². The summed E-state index contributed by atoms with van der Waals surface area (Å²) in [7, 11) is 0. The molecule has 0 aliphatic carbocycles. The molecule has 0 aliphatic rings. The summed E-state index contributed by atoms with van der Waals surface area (Å²) in [6.45, 7) is 1.76. The van der Waals surface area contributed by atoms with Gasteiger partial charge in [-0.2, -0.15) is 5.10 Å². The molecule has 4 aromatic rings. The molecule has 29 heavy (non-hydrogen) atoms. The monoisotopic (exact) mass is 393 g/mol. The molecule has 0 amide bonds. The number of nitrogens with one attached hydrogen (secondary N) is 3. The van der Waals surface area contributed by atoms with Crippen molar-refractivity contribution in [1.82, 2.24) is 25.1 Å². The van der Waals surface area contributed by atoms with Gasteiger partial charge in [0.25, 0.3) is 0 Å². The maximum atomic E-state index is 14.0. The second-order valence-corrected chi connectivity index (χ2v) is 6.35. The largest absolute Gasteiger partial charge is 0.363 e. The molecule has 1 atom stereocenters. The van der Waals surface area contributed by atoms with Gasteiger partial charge in [0.05, 0.1) is 11.7 Å². The standard InChI is InChI=1S/C20H17F2N7/c1-12(15-3-2-14(21)8-16(15)22)26-18-10-19(25-11-24-18)27-20-9-17(28-29-20)13-4-6-23-7-5-13/h2-12H,1H3,(H3,24,25,26,27,28,29). The molecule has 0 fully saturated rings. The summed E-state index contributed by atoms with van der Waals surface area (Å²) in [4.78, 5) is 12.3. The van der Waals surface area contributed by atoms with E-state index in [0.717, 1.165) is 17.3 Å². The molecule has 7 nitrogen and oxygen atoms in total. The lowest BCUT2D eigenvalue weighted by Gasteiger charge is -2.16. The first-order chi connectivity index (χ1) is 14.1. The summed E-state index contributed by atoms with van der Waals surface area (Å²) in [5.74, 6) is 0.361. The van der Waals surface area contributed by atoms with Gasteiger partial charge in [0.15, 0.2) is 5.82 Å². The van der Waals surface area contributed by atoms with Gasteiger partial charge < -0.3 is 10.6 Å². The van der Waals surface area contributed by atoms with Crippen LogP contribution in [0, 0.1) is 11.6 Å². The number of H-pyrrole nitrogens is 1. The summed E-state index contributed by atoms with van der Waals surface area (Å²) in [5.41, 5.74) is 2.14. The Balaban J connectivity index is 1.47. The molecule has 3 heterocycles. The molecule has 3 N–H and O–H groups in total. The van der Waals surface area contributed by atoms with Crippen LogP contribution >= 0.6 is 0 Å². The Morgan fingerprint density at radius 1 is 0.931 bits per heavy atom. The molecule has 0 spiro atoms. The van der Waals surface area contributed by atoms with Gasteiger partial charge in [0.1, 0.15) is 29.6 Å². The topological polar surface area (TPSA) is 91.4 Å². The lowest BCUT2D eigenvalue weighted by atomic mass is 10.1. The predicted molar refractivity (Wildman–Crippen MR) is 106 cm³/mol. The molecule has 0 saturated heterocycles. The number of benzene rings is 1. The quantitative estimate of drug-likeness (QED) is 0.448. The van der Waals surface area contributed by atoms with Crippen molar-refractivity contribution in [1.29, 1.82) is 0 Å². The van der Waals surface area contributed by atoms with Crippen LogP contribution in [0.2, 0.25) is 0 Å². The minimum Gasteiger partial charge on any atom is -0.363 e. The average Bonchev–Trinajstić information content (AvgIpc) is 3.17. The highest BCUT2D eigenvalue weighted by atomic mass is 19.1. The molecule has 0 aliphatic heterocycles. The summed E-state index contributed by atoms with van der Waals surface area (Å²) < 4.78 is 27.1. The minimum atomic E-state index is -0.614. The van der Waals surface area contributed by atoms with Gasteiger partial charge in [-0.25, -0.2) is 18.7 Å². The van der Waals surface area contributed by atoms with Crippen LogP contribution in [-0.4, -0.2) is 25.1 Å². The van der Waals surface area contributed by atoms with Crippen molar-refractivity contribution in [3.8, 4) is 11.3 Å². The van der Waals surface area contributed by atoms with Crippen molar-refractivity contribution >= 4 is 17.5 Å². The number of nitrogens with zero attached hydrogens (tertiary/aromatic N) is 4. The molecule has 1 unspecified atom stereocenters. The fourth-order valence-electron chi connectivity index (χ4n) is 2.85. The van der Waals surface area contributed by atoms with Crippen LogP contribution in [0.3, 0.4) is 0 Å². The fraction of sp³-hybridized carbons (Fsp3) is 0.100. The molecule has 0 saturated carbocycles. The summed E-state index contributed by atoms with van der Waals surface area (Å²) in [5, 5.41) is 13.4. The second-order valence-electron chi connectivity index (χ2n) is 6.35. The Labute approximate surface area is 165 Å². The van der Waals surface area contributed by atoms with E-state index in [1.54, 1.807) is 25.4 Å². The third kappa shape index (κ3) is 4.34. The lowest BCUT2D eigenvalue weighted by Crippen LogP contribution is -2.10. The number of aromatic nitrogens is 5. The van der Waals surface area contributed by atoms with E-state index in [0.29, 0.717) is 23.0 Å². The van der Waals surface area contributed by atoms with Crippen LogP contribution in [0.4, 0.5) is 26.2 Å². The van der Waals surface area contributed by atoms with E-state index < -0.39 is 17.7 Å². The van der Waals surface area contributed by atoms with Gasteiger partial charge in [-0.05, 0) is 25.1 Å². The molecular weight excluding hydrogens is 376 g/mol. The van der Waals surface area contributed by atoms with Crippen LogP contribution in [-0.2, 0) is 0 Å². The second kappa shape index (κ2) is 8.01. The number of hydrogen-bond donors (Lipinski definition) is 3. The fourth-order valence-corrected chi connectivity index (χ4v) is 2.85. The van der Waals surface area contributed by atoms with Crippen molar-refractivity contribution < 1.29 is 8.78 Å². The maximum Gasteiger partial charge on any atom is 0.153 e.